The molecule has 0 spiro atoms. The maximum absolute atomic E-state index is 10.9. The predicted molar refractivity (Wildman–Crippen MR) is 145 cm³/mol. The highest BCUT2D eigenvalue weighted by Crippen LogP contribution is 2.23. The molecule has 1 aliphatic rings. The molecule has 1 aromatic heterocycles. The lowest BCUT2D eigenvalue weighted by atomic mass is 9.98. The van der Waals surface area contributed by atoms with Gasteiger partial charge in [0.1, 0.15) is 5.75 Å². The van der Waals surface area contributed by atoms with Gasteiger partial charge in [-0.05, 0) is 43.4 Å². The molecular formula is C31H43NO4. The fraction of sp³-hybridized carbons (Fsp3) is 0.548. The third-order valence-corrected chi connectivity index (χ3v) is 6.74. The van der Waals surface area contributed by atoms with Gasteiger partial charge >= 0.3 is 5.97 Å². The lowest BCUT2D eigenvalue weighted by Crippen LogP contribution is -2.16. The minimum Gasteiger partial charge on any atom is -0.492 e. The number of pyridine rings is 1. The average molecular weight is 494 g/mol. The van der Waals surface area contributed by atoms with Crippen LogP contribution < -0.4 is 4.74 Å². The van der Waals surface area contributed by atoms with Crippen LogP contribution in [0.2, 0.25) is 0 Å². The van der Waals surface area contributed by atoms with Crippen LogP contribution in [-0.4, -0.2) is 30.3 Å². The molecule has 0 unspecified atom stereocenters. The second kappa shape index (κ2) is 16.9. The second-order valence-electron chi connectivity index (χ2n) is 9.70. The van der Waals surface area contributed by atoms with Gasteiger partial charge in [0, 0.05) is 11.6 Å². The topological polar surface area (TPSA) is 57.7 Å². The molecule has 1 fully saturated rings. The molecule has 1 heterocycles. The summed E-state index contributed by atoms with van der Waals surface area (Å²) in [6, 6.07) is 12.6. The molecule has 0 aliphatic heterocycles. The number of aromatic nitrogens is 1. The third-order valence-electron chi connectivity index (χ3n) is 6.74. The molecular weight excluding hydrogens is 450 g/mol. The van der Waals surface area contributed by atoms with Crippen molar-refractivity contribution < 1.29 is 19.0 Å². The first-order valence-corrected chi connectivity index (χ1v) is 13.8. The number of unbranched alkanes of at least 4 members (excludes halogenated alkanes) is 7. The first-order valence-electron chi connectivity index (χ1n) is 13.8. The number of rotatable bonds is 17. The first-order chi connectivity index (χ1) is 17.7. The Morgan fingerprint density at radius 2 is 1.53 bits per heavy atom. The number of nitrogens with zero attached hydrogens (tertiary/aromatic N) is 1. The van der Waals surface area contributed by atoms with E-state index in [1.807, 2.05) is 18.3 Å². The first kappa shape index (κ1) is 27.9. The number of carbonyl (C=O) groups is 1. The SMILES string of the molecule is C=CC(=O)OCCCCCCCCCCOc1ccc(-c2ccc(COC3CCCCC3)cc2)nc1. The van der Waals surface area contributed by atoms with E-state index in [-0.39, 0.29) is 5.97 Å². The van der Waals surface area contributed by atoms with E-state index >= 15 is 0 Å². The molecule has 3 rings (SSSR count). The maximum Gasteiger partial charge on any atom is 0.330 e. The Balaban J connectivity index is 1.22. The van der Waals surface area contributed by atoms with E-state index in [4.69, 9.17) is 14.2 Å². The number of hydrogen-bond acceptors (Lipinski definition) is 5. The molecule has 1 aliphatic carbocycles. The minimum absolute atomic E-state index is 0.329. The summed E-state index contributed by atoms with van der Waals surface area (Å²) in [7, 11) is 0. The molecule has 0 atom stereocenters. The van der Waals surface area contributed by atoms with Crippen molar-refractivity contribution >= 4 is 5.97 Å². The third kappa shape index (κ3) is 10.9. The summed E-state index contributed by atoms with van der Waals surface area (Å²) in [6.45, 7) is 5.31. The quantitative estimate of drug-likeness (QED) is 0.128. The Morgan fingerprint density at radius 3 is 2.17 bits per heavy atom. The molecule has 0 amide bonds. The number of esters is 1. The maximum atomic E-state index is 10.9. The molecule has 2 aromatic rings. The van der Waals surface area contributed by atoms with Gasteiger partial charge in [0.05, 0.1) is 37.8 Å². The Hall–Kier alpha value is -2.66. The van der Waals surface area contributed by atoms with E-state index in [1.54, 1.807) is 0 Å². The van der Waals surface area contributed by atoms with Gasteiger partial charge in [-0.1, -0.05) is 88.6 Å². The van der Waals surface area contributed by atoms with Gasteiger partial charge in [0.2, 0.25) is 0 Å². The molecule has 0 saturated heterocycles. The predicted octanol–water partition coefficient (Wildman–Crippen LogP) is 7.83. The van der Waals surface area contributed by atoms with Crippen molar-refractivity contribution in [3.63, 3.8) is 0 Å². The van der Waals surface area contributed by atoms with Gasteiger partial charge in [0.15, 0.2) is 0 Å². The van der Waals surface area contributed by atoms with Crippen LogP contribution in [0.5, 0.6) is 5.75 Å². The van der Waals surface area contributed by atoms with Crippen molar-refractivity contribution in [1.82, 2.24) is 4.98 Å². The Labute approximate surface area is 217 Å². The normalized spacial score (nSPS) is 13.9. The van der Waals surface area contributed by atoms with Crippen LogP contribution >= 0.6 is 0 Å². The number of hydrogen-bond donors (Lipinski definition) is 0. The van der Waals surface area contributed by atoms with Crippen molar-refractivity contribution in [3.8, 4) is 17.0 Å². The highest BCUT2D eigenvalue weighted by atomic mass is 16.5. The Kier molecular flexibility index (Phi) is 13.1. The number of carbonyl (C=O) groups excluding carboxylic acids is 1. The minimum atomic E-state index is -0.329. The fourth-order valence-electron chi connectivity index (χ4n) is 4.54. The van der Waals surface area contributed by atoms with Crippen LogP contribution in [0, 0.1) is 0 Å². The Bertz CT molecular complexity index is 872. The highest BCUT2D eigenvalue weighted by molar-refractivity contribution is 5.81. The van der Waals surface area contributed by atoms with Crippen LogP contribution in [0.3, 0.4) is 0 Å². The van der Waals surface area contributed by atoms with E-state index in [1.165, 1.54) is 75.8 Å². The zero-order valence-electron chi connectivity index (χ0n) is 21.8. The van der Waals surface area contributed by atoms with Crippen molar-refractivity contribution in [2.45, 2.75) is 96.2 Å². The fourth-order valence-corrected chi connectivity index (χ4v) is 4.54. The smallest absolute Gasteiger partial charge is 0.330 e. The molecule has 0 N–H and O–H groups in total. The van der Waals surface area contributed by atoms with Crippen molar-refractivity contribution in [2.75, 3.05) is 13.2 Å². The van der Waals surface area contributed by atoms with Crippen molar-refractivity contribution in [1.29, 1.82) is 0 Å². The van der Waals surface area contributed by atoms with Gasteiger partial charge in [-0.15, -0.1) is 0 Å². The van der Waals surface area contributed by atoms with Crippen molar-refractivity contribution in [3.05, 3.63) is 60.8 Å². The van der Waals surface area contributed by atoms with E-state index in [9.17, 15) is 4.79 Å². The lowest BCUT2D eigenvalue weighted by molar-refractivity contribution is -0.137. The summed E-state index contributed by atoms with van der Waals surface area (Å²) in [4.78, 5) is 15.5. The van der Waals surface area contributed by atoms with E-state index in [2.05, 4.69) is 35.8 Å². The van der Waals surface area contributed by atoms with Crippen LogP contribution in [0.25, 0.3) is 11.3 Å². The largest absolute Gasteiger partial charge is 0.492 e. The number of ether oxygens (including phenoxy) is 3. The van der Waals surface area contributed by atoms with Gasteiger partial charge < -0.3 is 14.2 Å². The molecule has 5 nitrogen and oxygen atoms in total. The van der Waals surface area contributed by atoms with Gasteiger partial charge in [0.25, 0.3) is 0 Å². The molecule has 1 saturated carbocycles. The monoisotopic (exact) mass is 493 g/mol. The summed E-state index contributed by atoms with van der Waals surface area (Å²) >= 11 is 0. The molecule has 0 bridgehead atoms. The molecule has 36 heavy (non-hydrogen) atoms. The van der Waals surface area contributed by atoms with Crippen molar-refractivity contribution in [2.24, 2.45) is 0 Å². The van der Waals surface area contributed by atoms with Crippen LogP contribution in [0.1, 0.15) is 89.0 Å². The van der Waals surface area contributed by atoms with Gasteiger partial charge in [-0.3, -0.25) is 4.98 Å². The van der Waals surface area contributed by atoms with Gasteiger partial charge in [-0.25, -0.2) is 4.79 Å². The zero-order valence-corrected chi connectivity index (χ0v) is 21.8. The summed E-state index contributed by atoms with van der Waals surface area (Å²) in [5, 5.41) is 0. The molecule has 1 aromatic carbocycles. The van der Waals surface area contributed by atoms with Crippen LogP contribution in [-0.2, 0) is 20.9 Å². The average Bonchev–Trinajstić information content (AvgIpc) is 2.93. The van der Waals surface area contributed by atoms with Gasteiger partial charge in [-0.2, -0.15) is 0 Å². The summed E-state index contributed by atoms with van der Waals surface area (Å²) in [5.41, 5.74) is 3.29. The second-order valence-corrected chi connectivity index (χ2v) is 9.70. The molecule has 5 heteroatoms. The van der Waals surface area contributed by atoms with E-state index < -0.39 is 0 Å². The lowest BCUT2D eigenvalue weighted by Gasteiger charge is -2.22. The number of benzene rings is 1. The van der Waals surface area contributed by atoms with E-state index in [0.29, 0.717) is 19.3 Å². The summed E-state index contributed by atoms with van der Waals surface area (Å²) in [5.74, 6) is 0.498. The Morgan fingerprint density at radius 1 is 0.861 bits per heavy atom. The van der Waals surface area contributed by atoms with Crippen LogP contribution in [0.15, 0.2) is 55.3 Å². The summed E-state index contributed by atoms with van der Waals surface area (Å²) in [6.07, 6.45) is 19.0. The molecule has 196 valence electrons. The summed E-state index contributed by atoms with van der Waals surface area (Å²) < 4.78 is 16.9. The standard InChI is InChI=1S/C31H43NO4/c1-2-31(33)35-23-13-8-6-4-3-5-7-12-22-34-29-20-21-30(32-24-29)27-18-16-26(17-19-27)25-36-28-14-10-9-11-15-28/h2,16-21,24,28H,1,3-15,22-23,25H2. The highest BCUT2D eigenvalue weighted by Gasteiger charge is 2.13. The molecule has 0 radical (unpaired) electrons. The zero-order chi connectivity index (χ0) is 25.3. The van der Waals surface area contributed by atoms with Crippen LogP contribution in [0.4, 0.5) is 0 Å². The van der Waals surface area contributed by atoms with E-state index in [0.717, 1.165) is 42.9 Å².